The van der Waals surface area contributed by atoms with Gasteiger partial charge < -0.3 is 14.3 Å². The molecule has 7 nitrogen and oxygen atoms in total. The first-order chi connectivity index (χ1) is 11.0. The molecule has 0 aliphatic heterocycles. The lowest BCUT2D eigenvalue weighted by Crippen LogP contribution is -1.94. The van der Waals surface area contributed by atoms with Gasteiger partial charge in [-0.3, -0.25) is 0 Å². The van der Waals surface area contributed by atoms with E-state index in [1.165, 1.54) is 12.3 Å². The fourth-order valence-corrected chi connectivity index (χ4v) is 1.78. The van der Waals surface area contributed by atoms with Crippen molar-refractivity contribution in [1.29, 1.82) is 5.26 Å². The first kappa shape index (κ1) is 16.4. The number of hydrogen-bond donors (Lipinski definition) is 2. The molecule has 0 fully saturated rings. The molecule has 1 heterocycles. The highest BCUT2D eigenvalue weighted by molar-refractivity contribution is 5.81. The summed E-state index contributed by atoms with van der Waals surface area (Å²) in [6.07, 6.45) is 1.53. The molecule has 7 heteroatoms. The van der Waals surface area contributed by atoms with Crippen LogP contribution >= 0.6 is 0 Å². The zero-order valence-corrected chi connectivity index (χ0v) is 13.2. The van der Waals surface area contributed by atoms with Crippen LogP contribution in [0.4, 0.5) is 5.88 Å². The summed E-state index contributed by atoms with van der Waals surface area (Å²) < 4.78 is 10.8. The maximum Gasteiger partial charge on any atom is 0.252 e. The van der Waals surface area contributed by atoms with Crippen molar-refractivity contribution in [1.82, 2.24) is 4.98 Å². The number of oxazole rings is 1. The van der Waals surface area contributed by atoms with E-state index in [2.05, 4.69) is 15.5 Å². The SMILES string of the molecule is CCOc1cc(C=NNc2oc(C(C)C)nc2C#N)ccc1O. The van der Waals surface area contributed by atoms with E-state index in [1.54, 1.807) is 12.1 Å². The Morgan fingerprint density at radius 3 is 2.96 bits per heavy atom. The smallest absolute Gasteiger partial charge is 0.252 e. The zero-order valence-electron chi connectivity index (χ0n) is 13.2. The Morgan fingerprint density at radius 1 is 1.52 bits per heavy atom. The van der Waals surface area contributed by atoms with Crippen LogP contribution in [0.15, 0.2) is 27.7 Å². The summed E-state index contributed by atoms with van der Waals surface area (Å²) in [5, 5.41) is 22.7. The van der Waals surface area contributed by atoms with E-state index in [9.17, 15) is 5.11 Å². The topological polar surface area (TPSA) is 104 Å². The lowest BCUT2D eigenvalue weighted by Gasteiger charge is -2.05. The Hall–Kier alpha value is -3.01. The van der Waals surface area contributed by atoms with Gasteiger partial charge in [-0.05, 0) is 30.7 Å². The Bertz CT molecular complexity index is 744. The number of aromatic hydroxyl groups is 1. The van der Waals surface area contributed by atoms with Crippen LogP contribution in [0.2, 0.25) is 0 Å². The van der Waals surface area contributed by atoms with Crippen LogP contribution in [0.25, 0.3) is 0 Å². The molecule has 0 aliphatic rings. The minimum absolute atomic E-state index is 0.0699. The number of rotatable bonds is 6. The molecule has 0 spiro atoms. The Balaban J connectivity index is 2.13. The average molecular weight is 314 g/mol. The molecule has 1 aromatic heterocycles. The second kappa shape index (κ2) is 7.31. The van der Waals surface area contributed by atoms with E-state index in [0.29, 0.717) is 18.2 Å². The number of nitrogens with zero attached hydrogens (tertiary/aromatic N) is 3. The molecule has 23 heavy (non-hydrogen) atoms. The third-order valence-corrected chi connectivity index (χ3v) is 2.91. The van der Waals surface area contributed by atoms with Crippen molar-refractivity contribution in [2.24, 2.45) is 5.10 Å². The molecule has 2 aromatic rings. The van der Waals surface area contributed by atoms with Crippen molar-refractivity contribution in [3.8, 4) is 17.6 Å². The van der Waals surface area contributed by atoms with Gasteiger partial charge in [0, 0.05) is 5.92 Å². The van der Waals surface area contributed by atoms with Crippen molar-refractivity contribution < 1.29 is 14.3 Å². The molecule has 0 saturated heterocycles. The summed E-state index contributed by atoms with van der Waals surface area (Å²) in [6.45, 7) is 6.13. The van der Waals surface area contributed by atoms with Gasteiger partial charge in [-0.1, -0.05) is 13.8 Å². The van der Waals surface area contributed by atoms with Crippen molar-refractivity contribution >= 4 is 12.1 Å². The number of benzene rings is 1. The fourth-order valence-electron chi connectivity index (χ4n) is 1.78. The Kier molecular flexibility index (Phi) is 5.20. The van der Waals surface area contributed by atoms with Crippen LogP contribution in [-0.2, 0) is 0 Å². The summed E-state index contributed by atoms with van der Waals surface area (Å²) in [5.74, 6) is 1.21. The fraction of sp³-hybridized carbons (Fsp3) is 0.312. The van der Waals surface area contributed by atoms with Crippen molar-refractivity contribution in [2.75, 3.05) is 12.0 Å². The van der Waals surface area contributed by atoms with E-state index in [0.717, 1.165) is 5.56 Å². The molecule has 2 N–H and O–H groups in total. The van der Waals surface area contributed by atoms with Gasteiger partial charge in [0.15, 0.2) is 11.5 Å². The number of phenols is 1. The van der Waals surface area contributed by atoms with Gasteiger partial charge in [0.2, 0.25) is 11.6 Å². The third-order valence-electron chi connectivity index (χ3n) is 2.91. The molecule has 0 atom stereocenters. The zero-order chi connectivity index (χ0) is 16.8. The van der Waals surface area contributed by atoms with Crippen LogP contribution in [0.3, 0.4) is 0 Å². The molecule has 0 unspecified atom stereocenters. The van der Waals surface area contributed by atoms with Gasteiger partial charge in [-0.15, -0.1) is 0 Å². The summed E-state index contributed by atoms with van der Waals surface area (Å²) >= 11 is 0. The minimum atomic E-state index is 0.0699. The Labute approximate surface area is 134 Å². The molecular weight excluding hydrogens is 296 g/mol. The summed E-state index contributed by atoms with van der Waals surface area (Å²) in [6, 6.07) is 6.84. The van der Waals surface area contributed by atoms with E-state index in [4.69, 9.17) is 14.4 Å². The van der Waals surface area contributed by atoms with Gasteiger partial charge in [0.1, 0.15) is 6.07 Å². The Morgan fingerprint density at radius 2 is 2.30 bits per heavy atom. The number of aromatic nitrogens is 1. The maximum absolute atomic E-state index is 9.65. The highest BCUT2D eigenvalue weighted by Crippen LogP contribution is 2.26. The third kappa shape index (κ3) is 4.01. The van der Waals surface area contributed by atoms with Gasteiger partial charge >= 0.3 is 0 Å². The van der Waals surface area contributed by atoms with Gasteiger partial charge in [-0.25, -0.2) is 10.4 Å². The maximum atomic E-state index is 9.65. The van der Waals surface area contributed by atoms with Gasteiger partial charge in [-0.2, -0.15) is 10.4 Å². The molecular formula is C16H18N4O3. The molecule has 0 bridgehead atoms. The largest absolute Gasteiger partial charge is 0.504 e. The number of nitrogens with one attached hydrogen (secondary N) is 1. The van der Waals surface area contributed by atoms with E-state index >= 15 is 0 Å². The van der Waals surface area contributed by atoms with Crippen molar-refractivity contribution in [3.63, 3.8) is 0 Å². The molecule has 0 saturated carbocycles. The monoisotopic (exact) mass is 314 g/mol. The van der Waals surface area contributed by atoms with E-state index in [1.807, 2.05) is 26.8 Å². The number of hydrogen-bond acceptors (Lipinski definition) is 7. The standard InChI is InChI=1S/C16H18N4O3/c1-4-22-14-7-11(5-6-13(14)21)9-18-20-16-12(8-17)19-15(23-16)10(2)3/h5-7,9-10,20-21H,4H2,1-3H3. The number of anilines is 1. The summed E-state index contributed by atoms with van der Waals surface area (Å²) in [5.41, 5.74) is 3.55. The first-order valence-electron chi connectivity index (χ1n) is 7.20. The lowest BCUT2D eigenvalue weighted by molar-refractivity contribution is 0.318. The summed E-state index contributed by atoms with van der Waals surface area (Å²) in [7, 11) is 0. The number of ether oxygens (including phenoxy) is 1. The van der Waals surface area contributed by atoms with E-state index < -0.39 is 0 Å². The molecule has 2 rings (SSSR count). The van der Waals surface area contributed by atoms with Crippen LogP contribution in [-0.4, -0.2) is 22.9 Å². The van der Waals surface area contributed by atoms with Crippen LogP contribution in [0.5, 0.6) is 11.5 Å². The molecule has 0 aliphatic carbocycles. The molecule has 1 aromatic carbocycles. The van der Waals surface area contributed by atoms with Gasteiger partial charge in [0.05, 0.1) is 12.8 Å². The average Bonchev–Trinajstić information content (AvgIpc) is 2.94. The van der Waals surface area contributed by atoms with Crippen LogP contribution in [0, 0.1) is 11.3 Å². The first-order valence-corrected chi connectivity index (χ1v) is 7.20. The molecule has 0 radical (unpaired) electrons. The quantitative estimate of drug-likeness (QED) is 0.626. The highest BCUT2D eigenvalue weighted by atomic mass is 16.5. The second-order valence-electron chi connectivity index (χ2n) is 5.03. The highest BCUT2D eigenvalue weighted by Gasteiger charge is 2.14. The number of phenolic OH excluding ortho intramolecular Hbond substituents is 1. The van der Waals surface area contributed by atoms with Gasteiger partial charge in [0.25, 0.3) is 5.88 Å². The second-order valence-corrected chi connectivity index (χ2v) is 5.03. The summed E-state index contributed by atoms with van der Waals surface area (Å²) in [4.78, 5) is 4.09. The van der Waals surface area contributed by atoms with Crippen LogP contribution < -0.4 is 10.2 Å². The van der Waals surface area contributed by atoms with E-state index in [-0.39, 0.29) is 23.2 Å². The van der Waals surface area contributed by atoms with Crippen LogP contribution in [0.1, 0.15) is 43.8 Å². The molecule has 0 amide bonds. The van der Waals surface area contributed by atoms with Crippen molar-refractivity contribution in [3.05, 3.63) is 35.3 Å². The predicted molar refractivity (Wildman–Crippen MR) is 85.8 cm³/mol. The minimum Gasteiger partial charge on any atom is -0.504 e. The number of hydrazone groups is 1. The predicted octanol–water partition coefficient (Wildman–Crippen LogP) is 3.22. The number of nitriles is 1. The van der Waals surface area contributed by atoms with Crippen molar-refractivity contribution in [2.45, 2.75) is 26.7 Å². The lowest BCUT2D eigenvalue weighted by atomic mass is 10.2. The molecule has 120 valence electrons. The normalized spacial score (nSPS) is 10.9.